The third kappa shape index (κ3) is 5.99. The lowest BCUT2D eigenvalue weighted by Gasteiger charge is -2.31. The first-order valence-electron chi connectivity index (χ1n) is 9.08. The van der Waals surface area contributed by atoms with Crippen molar-refractivity contribution in [3.05, 3.63) is 35.4 Å². The maximum Gasteiger partial charge on any atom is 0.243 e. The van der Waals surface area contributed by atoms with E-state index in [0.29, 0.717) is 19.4 Å². The summed E-state index contributed by atoms with van der Waals surface area (Å²) in [5.41, 5.74) is 2.24. The molecule has 0 saturated heterocycles. The van der Waals surface area contributed by atoms with Crippen molar-refractivity contribution in [2.75, 3.05) is 0 Å². The molecule has 1 N–H and O–H groups in total. The number of carbonyl (C=O) groups excluding carboxylic acids is 2. The summed E-state index contributed by atoms with van der Waals surface area (Å²) in [6.45, 7) is 10.5. The average Bonchev–Trinajstić information content (AvgIpc) is 2.56. The van der Waals surface area contributed by atoms with Crippen LogP contribution >= 0.6 is 0 Å². The quantitative estimate of drug-likeness (QED) is 0.747. The highest BCUT2D eigenvalue weighted by Gasteiger charge is 2.28. The van der Waals surface area contributed by atoms with Gasteiger partial charge in [-0.3, -0.25) is 9.59 Å². The van der Waals surface area contributed by atoms with Crippen molar-refractivity contribution >= 4 is 11.8 Å². The smallest absolute Gasteiger partial charge is 0.243 e. The van der Waals surface area contributed by atoms with E-state index >= 15 is 0 Å². The van der Waals surface area contributed by atoms with Gasteiger partial charge in [0.2, 0.25) is 11.8 Å². The lowest BCUT2D eigenvalue weighted by atomic mass is 10.1. The highest BCUT2D eigenvalue weighted by Crippen LogP contribution is 2.15. The summed E-state index contributed by atoms with van der Waals surface area (Å²) in [4.78, 5) is 27.0. The topological polar surface area (TPSA) is 49.4 Å². The Kier molecular flexibility index (Phi) is 8.51. The number of nitrogens with zero attached hydrogens (tertiary/aromatic N) is 1. The first-order chi connectivity index (χ1) is 11.4. The van der Waals surface area contributed by atoms with Gasteiger partial charge in [-0.2, -0.15) is 0 Å². The van der Waals surface area contributed by atoms with Gasteiger partial charge in [0.1, 0.15) is 6.04 Å². The van der Waals surface area contributed by atoms with Crippen LogP contribution in [-0.2, 0) is 16.1 Å². The highest BCUT2D eigenvalue weighted by atomic mass is 16.2. The van der Waals surface area contributed by atoms with Crippen molar-refractivity contribution < 1.29 is 9.59 Å². The zero-order valence-electron chi connectivity index (χ0n) is 15.8. The van der Waals surface area contributed by atoms with Gasteiger partial charge in [-0.25, -0.2) is 0 Å². The van der Waals surface area contributed by atoms with Crippen molar-refractivity contribution in [1.29, 1.82) is 0 Å². The summed E-state index contributed by atoms with van der Waals surface area (Å²) in [6.07, 6.45) is 2.75. The number of benzene rings is 1. The molecule has 0 aliphatic carbocycles. The lowest BCUT2D eigenvalue weighted by molar-refractivity contribution is -0.141. The van der Waals surface area contributed by atoms with E-state index in [2.05, 4.69) is 5.32 Å². The number of amides is 2. The molecule has 1 rings (SSSR count). The summed E-state index contributed by atoms with van der Waals surface area (Å²) in [5.74, 6) is -0.00681. The van der Waals surface area contributed by atoms with Crippen LogP contribution in [0, 0.1) is 6.92 Å². The molecule has 4 nitrogen and oxygen atoms in total. The molecule has 0 aliphatic heterocycles. The maximum atomic E-state index is 12.6. The molecule has 0 radical (unpaired) electrons. The molecule has 2 atom stereocenters. The van der Waals surface area contributed by atoms with Crippen LogP contribution in [0.5, 0.6) is 0 Å². The molecule has 0 fully saturated rings. The van der Waals surface area contributed by atoms with E-state index < -0.39 is 6.04 Å². The van der Waals surface area contributed by atoms with E-state index in [4.69, 9.17) is 0 Å². The second kappa shape index (κ2) is 10.1. The third-order valence-corrected chi connectivity index (χ3v) is 4.32. The van der Waals surface area contributed by atoms with Crippen molar-refractivity contribution in [2.24, 2.45) is 0 Å². The van der Waals surface area contributed by atoms with Gasteiger partial charge in [0.25, 0.3) is 0 Å². The standard InChI is InChI=1S/C20H32N2O2/c1-6-9-19(23)22(14-17-12-10-15(4)11-13-17)18(8-3)20(24)21-16(5)7-2/h10-13,16,18H,6-9,14H2,1-5H3,(H,21,24)/t16-,18-/m1/s1. The molecular weight excluding hydrogens is 300 g/mol. The Bertz CT molecular complexity index is 525. The fraction of sp³-hybridized carbons (Fsp3) is 0.600. The molecule has 134 valence electrons. The molecular formula is C20H32N2O2. The minimum atomic E-state index is -0.417. The van der Waals surface area contributed by atoms with Crippen molar-refractivity contribution in [3.63, 3.8) is 0 Å². The molecule has 4 heteroatoms. The van der Waals surface area contributed by atoms with Gasteiger partial charge in [-0.15, -0.1) is 0 Å². The maximum absolute atomic E-state index is 12.6. The number of nitrogens with one attached hydrogen (secondary N) is 1. The third-order valence-electron chi connectivity index (χ3n) is 4.32. The Hall–Kier alpha value is -1.84. The van der Waals surface area contributed by atoms with Crippen molar-refractivity contribution in [2.45, 2.75) is 78.9 Å². The predicted molar refractivity (Wildman–Crippen MR) is 98.6 cm³/mol. The first kappa shape index (κ1) is 20.2. The van der Waals surface area contributed by atoms with Crippen LogP contribution in [0.25, 0.3) is 0 Å². The monoisotopic (exact) mass is 332 g/mol. The number of hydrogen-bond acceptors (Lipinski definition) is 2. The van der Waals surface area contributed by atoms with Crippen LogP contribution < -0.4 is 5.32 Å². The zero-order chi connectivity index (χ0) is 18.1. The SMILES string of the molecule is CCCC(=O)N(Cc1ccc(C)cc1)[C@H](CC)C(=O)N[C@H](C)CC. The van der Waals surface area contributed by atoms with Gasteiger partial charge in [-0.1, -0.05) is 50.6 Å². The van der Waals surface area contributed by atoms with E-state index in [1.54, 1.807) is 4.90 Å². The van der Waals surface area contributed by atoms with Gasteiger partial charge < -0.3 is 10.2 Å². The molecule has 0 heterocycles. The molecule has 0 spiro atoms. The Morgan fingerprint density at radius 2 is 1.71 bits per heavy atom. The highest BCUT2D eigenvalue weighted by molar-refractivity contribution is 5.87. The number of aryl methyl sites for hydroxylation is 1. The molecule has 0 bridgehead atoms. The zero-order valence-corrected chi connectivity index (χ0v) is 15.8. The van der Waals surface area contributed by atoms with Gasteiger partial charge in [0, 0.05) is 19.0 Å². The summed E-state index contributed by atoms with van der Waals surface area (Å²) in [5, 5.41) is 3.02. The second-order valence-electron chi connectivity index (χ2n) is 6.50. The molecule has 0 aromatic heterocycles. The number of hydrogen-bond donors (Lipinski definition) is 1. The number of rotatable bonds is 9. The van der Waals surface area contributed by atoms with Crippen LogP contribution in [0.2, 0.25) is 0 Å². The van der Waals surface area contributed by atoms with E-state index in [-0.39, 0.29) is 17.9 Å². The van der Waals surface area contributed by atoms with E-state index in [1.165, 1.54) is 5.56 Å². The van der Waals surface area contributed by atoms with E-state index in [9.17, 15) is 9.59 Å². The van der Waals surface area contributed by atoms with Gasteiger partial charge in [0.05, 0.1) is 0 Å². The van der Waals surface area contributed by atoms with Crippen LogP contribution in [0.3, 0.4) is 0 Å². The largest absolute Gasteiger partial charge is 0.352 e. The summed E-state index contributed by atoms with van der Waals surface area (Å²) in [7, 11) is 0. The molecule has 0 aliphatic rings. The van der Waals surface area contributed by atoms with Crippen LogP contribution in [-0.4, -0.2) is 28.8 Å². The summed E-state index contributed by atoms with van der Waals surface area (Å²) in [6, 6.07) is 7.84. The predicted octanol–water partition coefficient (Wildman–Crippen LogP) is 3.82. The lowest BCUT2D eigenvalue weighted by Crippen LogP contribution is -2.50. The minimum Gasteiger partial charge on any atom is -0.352 e. The molecule has 2 amide bonds. The number of carbonyl (C=O) groups is 2. The Morgan fingerprint density at radius 3 is 2.21 bits per heavy atom. The van der Waals surface area contributed by atoms with E-state index in [1.807, 2.05) is 58.9 Å². The van der Waals surface area contributed by atoms with Gasteiger partial charge in [0.15, 0.2) is 0 Å². The van der Waals surface area contributed by atoms with Gasteiger partial charge in [-0.05, 0) is 38.7 Å². The van der Waals surface area contributed by atoms with Crippen LogP contribution in [0.1, 0.15) is 64.5 Å². The Morgan fingerprint density at radius 1 is 1.08 bits per heavy atom. The molecule has 1 aromatic carbocycles. The summed E-state index contributed by atoms with van der Waals surface area (Å²) < 4.78 is 0. The molecule has 24 heavy (non-hydrogen) atoms. The van der Waals surface area contributed by atoms with Crippen LogP contribution in [0.15, 0.2) is 24.3 Å². The fourth-order valence-corrected chi connectivity index (χ4v) is 2.61. The fourth-order valence-electron chi connectivity index (χ4n) is 2.61. The Balaban J connectivity index is 2.98. The van der Waals surface area contributed by atoms with Crippen molar-refractivity contribution in [3.8, 4) is 0 Å². The second-order valence-corrected chi connectivity index (χ2v) is 6.50. The molecule has 0 saturated carbocycles. The molecule has 1 aromatic rings. The van der Waals surface area contributed by atoms with Crippen LogP contribution in [0.4, 0.5) is 0 Å². The first-order valence-corrected chi connectivity index (χ1v) is 9.08. The minimum absolute atomic E-state index is 0.0456. The average molecular weight is 332 g/mol. The van der Waals surface area contributed by atoms with Crippen molar-refractivity contribution in [1.82, 2.24) is 10.2 Å². The normalized spacial score (nSPS) is 13.2. The van der Waals surface area contributed by atoms with E-state index in [0.717, 1.165) is 18.4 Å². The summed E-state index contributed by atoms with van der Waals surface area (Å²) >= 11 is 0. The Labute approximate surface area is 146 Å². The molecule has 0 unspecified atom stereocenters. The van der Waals surface area contributed by atoms with Gasteiger partial charge >= 0.3 is 0 Å².